The van der Waals surface area contributed by atoms with Crippen molar-refractivity contribution in [3.05, 3.63) is 34.8 Å². The zero-order chi connectivity index (χ0) is 15.0. The van der Waals surface area contributed by atoms with Gasteiger partial charge in [0.15, 0.2) is 10.9 Å². The quantitative estimate of drug-likeness (QED) is 0.929. The highest BCUT2D eigenvalue weighted by Gasteiger charge is 2.33. The van der Waals surface area contributed by atoms with E-state index in [0.717, 1.165) is 33.6 Å². The van der Waals surface area contributed by atoms with E-state index in [4.69, 9.17) is 4.74 Å². The number of fused-ring (bicyclic) bond motifs is 1. The molecule has 110 valence electrons. The minimum atomic E-state index is 0.00946. The first-order valence-electron chi connectivity index (χ1n) is 6.91. The topological polar surface area (TPSA) is 51.2 Å². The van der Waals surface area contributed by atoms with Gasteiger partial charge in [-0.1, -0.05) is 25.2 Å². The van der Waals surface area contributed by atoms with E-state index in [-0.39, 0.29) is 11.2 Å². The largest absolute Gasteiger partial charge is 0.497 e. The summed E-state index contributed by atoms with van der Waals surface area (Å²) >= 11 is 1.45. The maximum absolute atomic E-state index is 12.2. The molecule has 5 heteroatoms. The Hall–Kier alpha value is -1.88. The van der Waals surface area contributed by atoms with E-state index >= 15 is 0 Å². The number of ether oxygens (including phenoxy) is 1. The Balaban J connectivity index is 1.83. The predicted octanol–water partition coefficient (Wildman–Crippen LogP) is 4.05. The van der Waals surface area contributed by atoms with Crippen LogP contribution in [0, 0.1) is 5.41 Å². The van der Waals surface area contributed by atoms with Crippen LogP contribution in [0.3, 0.4) is 0 Å². The fraction of sp³-hybridized carbons (Fsp3) is 0.375. The summed E-state index contributed by atoms with van der Waals surface area (Å²) in [5.74, 6) is 1.03. The highest BCUT2D eigenvalue weighted by atomic mass is 32.1. The van der Waals surface area contributed by atoms with Crippen molar-refractivity contribution < 1.29 is 9.53 Å². The molecule has 2 aromatic rings. The summed E-state index contributed by atoms with van der Waals surface area (Å²) in [4.78, 5) is 17.6. The standard InChI is InChI=1S/C16H18N2O2S/c1-16(2)8-12-14(13(19)9-16)21-15(18-12)17-10-4-6-11(20-3)7-5-10/h4-7H,8-9H2,1-3H3,(H,17,18). The van der Waals surface area contributed by atoms with Crippen LogP contribution in [0.25, 0.3) is 0 Å². The molecule has 1 aromatic heterocycles. The number of ketones is 1. The molecule has 0 unspecified atom stereocenters. The lowest BCUT2D eigenvalue weighted by molar-refractivity contribution is 0.0916. The molecule has 1 aliphatic rings. The van der Waals surface area contributed by atoms with Crippen molar-refractivity contribution in [1.82, 2.24) is 4.98 Å². The molecular weight excluding hydrogens is 284 g/mol. The summed E-state index contributed by atoms with van der Waals surface area (Å²) in [6.07, 6.45) is 1.46. The van der Waals surface area contributed by atoms with Crippen molar-refractivity contribution in [2.45, 2.75) is 26.7 Å². The highest BCUT2D eigenvalue weighted by Crippen LogP contribution is 2.38. The monoisotopic (exact) mass is 302 g/mol. The van der Waals surface area contributed by atoms with Gasteiger partial charge in [0.05, 0.1) is 17.7 Å². The highest BCUT2D eigenvalue weighted by molar-refractivity contribution is 7.17. The van der Waals surface area contributed by atoms with Crippen molar-refractivity contribution in [2.24, 2.45) is 5.41 Å². The minimum absolute atomic E-state index is 0.00946. The summed E-state index contributed by atoms with van der Waals surface area (Å²) in [5, 5.41) is 4.03. The third-order valence-corrected chi connectivity index (χ3v) is 4.63. The third kappa shape index (κ3) is 2.93. The van der Waals surface area contributed by atoms with Gasteiger partial charge in [-0.15, -0.1) is 0 Å². The maximum atomic E-state index is 12.2. The molecule has 0 fully saturated rings. The van der Waals surface area contributed by atoms with Gasteiger partial charge in [0.2, 0.25) is 0 Å². The van der Waals surface area contributed by atoms with E-state index < -0.39 is 0 Å². The fourth-order valence-corrected chi connectivity index (χ4v) is 3.51. The Morgan fingerprint density at radius 3 is 2.62 bits per heavy atom. The first-order chi connectivity index (χ1) is 9.97. The van der Waals surface area contributed by atoms with Gasteiger partial charge in [-0.2, -0.15) is 0 Å². The first kappa shape index (κ1) is 14.1. The molecule has 0 saturated carbocycles. The molecule has 0 spiro atoms. The van der Waals surface area contributed by atoms with Gasteiger partial charge in [0.25, 0.3) is 0 Å². The molecule has 0 amide bonds. The van der Waals surface area contributed by atoms with Gasteiger partial charge >= 0.3 is 0 Å². The number of aromatic nitrogens is 1. The summed E-state index contributed by atoms with van der Waals surface area (Å²) in [6, 6.07) is 7.66. The Bertz CT molecular complexity index is 674. The summed E-state index contributed by atoms with van der Waals surface area (Å²) < 4.78 is 5.14. The van der Waals surface area contributed by atoms with Crippen molar-refractivity contribution in [2.75, 3.05) is 12.4 Å². The number of carbonyl (C=O) groups excluding carboxylic acids is 1. The predicted molar refractivity (Wildman–Crippen MR) is 84.8 cm³/mol. The van der Waals surface area contributed by atoms with Crippen molar-refractivity contribution in [3.63, 3.8) is 0 Å². The molecule has 0 radical (unpaired) electrons. The molecule has 1 aliphatic carbocycles. The van der Waals surface area contributed by atoms with Gasteiger partial charge in [0, 0.05) is 12.1 Å². The third-order valence-electron chi connectivity index (χ3n) is 3.58. The van der Waals surface area contributed by atoms with Crippen LogP contribution in [0.15, 0.2) is 24.3 Å². The number of thiazole rings is 1. The van der Waals surface area contributed by atoms with Crippen LogP contribution in [0.4, 0.5) is 10.8 Å². The van der Waals surface area contributed by atoms with Crippen molar-refractivity contribution in [3.8, 4) is 5.75 Å². The number of anilines is 2. The molecule has 0 saturated heterocycles. The number of hydrogen-bond donors (Lipinski definition) is 1. The molecule has 3 rings (SSSR count). The molecule has 0 atom stereocenters. The second kappa shape index (κ2) is 5.15. The summed E-state index contributed by atoms with van der Waals surface area (Å²) in [5.41, 5.74) is 1.88. The second-order valence-corrected chi connectivity index (χ2v) is 7.09. The lowest BCUT2D eigenvalue weighted by Crippen LogP contribution is -2.25. The molecular formula is C16H18N2O2S. The number of carbonyl (C=O) groups is 1. The zero-order valence-electron chi connectivity index (χ0n) is 12.4. The van der Waals surface area contributed by atoms with E-state index in [0.29, 0.717) is 6.42 Å². The van der Waals surface area contributed by atoms with Crippen LogP contribution in [0.5, 0.6) is 5.75 Å². The average molecular weight is 302 g/mol. The summed E-state index contributed by atoms with van der Waals surface area (Å²) in [6.45, 7) is 4.23. The molecule has 1 aromatic carbocycles. The number of nitrogens with one attached hydrogen (secondary N) is 1. The van der Waals surface area contributed by atoms with Gasteiger partial charge in [-0.3, -0.25) is 4.79 Å². The Morgan fingerprint density at radius 2 is 1.95 bits per heavy atom. The number of methoxy groups -OCH3 is 1. The average Bonchev–Trinajstić information content (AvgIpc) is 2.81. The van der Waals surface area contributed by atoms with Gasteiger partial charge in [0.1, 0.15) is 5.75 Å². The van der Waals surface area contributed by atoms with E-state index in [9.17, 15) is 4.79 Å². The van der Waals surface area contributed by atoms with Crippen molar-refractivity contribution in [1.29, 1.82) is 0 Å². The molecule has 1 N–H and O–H groups in total. The lowest BCUT2D eigenvalue weighted by Gasteiger charge is -2.26. The van der Waals surface area contributed by atoms with E-state index in [1.54, 1.807) is 7.11 Å². The second-order valence-electron chi connectivity index (χ2n) is 6.09. The number of rotatable bonds is 3. The number of nitrogens with zero attached hydrogens (tertiary/aromatic N) is 1. The van der Waals surface area contributed by atoms with Gasteiger partial charge in [-0.25, -0.2) is 4.98 Å². The molecule has 0 bridgehead atoms. The minimum Gasteiger partial charge on any atom is -0.497 e. The normalized spacial score (nSPS) is 16.4. The maximum Gasteiger partial charge on any atom is 0.188 e. The van der Waals surface area contributed by atoms with Crippen LogP contribution < -0.4 is 10.1 Å². The van der Waals surface area contributed by atoms with Crippen LogP contribution in [0.2, 0.25) is 0 Å². The smallest absolute Gasteiger partial charge is 0.188 e. The van der Waals surface area contributed by atoms with Crippen LogP contribution in [-0.2, 0) is 6.42 Å². The number of hydrogen-bond acceptors (Lipinski definition) is 5. The van der Waals surface area contributed by atoms with E-state index in [1.807, 2.05) is 24.3 Å². The molecule has 0 aliphatic heterocycles. The van der Waals surface area contributed by atoms with Gasteiger partial charge in [-0.05, 0) is 36.1 Å². The molecule has 21 heavy (non-hydrogen) atoms. The zero-order valence-corrected chi connectivity index (χ0v) is 13.2. The first-order valence-corrected chi connectivity index (χ1v) is 7.72. The molecule has 4 nitrogen and oxygen atoms in total. The van der Waals surface area contributed by atoms with E-state index in [1.165, 1.54) is 11.3 Å². The van der Waals surface area contributed by atoms with Crippen molar-refractivity contribution >= 4 is 27.9 Å². The van der Waals surface area contributed by atoms with Crippen LogP contribution >= 0.6 is 11.3 Å². The number of benzene rings is 1. The summed E-state index contributed by atoms with van der Waals surface area (Å²) in [7, 11) is 1.64. The van der Waals surface area contributed by atoms with Gasteiger partial charge < -0.3 is 10.1 Å². The molecule has 1 heterocycles. The SMILES string of the molecule is COc1ccc(Nc2nc3c(s2)C(=O)CC(C)(C)C3)cc1. The Kier molecular flexibility index (Phi) is 3.45. The van der Waals surface area contributed by atoms with Crippen LogP contribution in [0.1, 0.15) is 35.6 Å². The van der Waals surface area contributed by atoms with Crippen LogP contribution in [-0.4, -0.2) is 17.9 Å². The fourth-order valence-electron chi connectivity index (χ4n) is 2.57. The van der Waals surface area contributed by atoms with E-state index in [2.05, 4.69) is 24.1 Å². The Morgan fingerprint density at radius 1 is 1.24 bits per heavy atom. The Labute approximate surface area is 128 Å². The lowest BCUT2D eigenvalue weighted by atomic mass is 9.78. The number of Topliss-reactive ketones (excluding diaryl/α,β-unsaturated/α-hetero) is 1.